The van der Waals surface area contributed by atoms with E-state index in [0.717, 1.165) is 40.5 Å². The molecular formula is C25H33Br2N. The van der Waals surface area contributed by atoms with E-state index in [9.17, 15) is 0 Å². The van der Waals surface area contributed by atoms with Crippen molar-refractivity contribution in [2.45, 2.75) is 69.2 Å². The van der Waals surface area contributed by atoms with E-state index >= 15 is 0 Å². The van der Waals surface area contributed by atoms with Gasteiger partial charge in [-0.15, -0.1) is 0 Å². The molecule has 1 saturated heterocycles. The molecule has 4 aliphatic rings. The molecule has 1 aromatic carbocycles. The van der Waals surface area contributed by atoms with Crippen LogP contribution in [0.2, 0.25) is 0 Å². The van der Waals surface area contributed by atoms with Crippen molar-refractivity contribution < 1.29 is 0 Å². The molecule has 2 saturated carbocycles. The first-order valence-corrected chi connectivity index (χ1v) is 13.1. The molecule has 1 N–H and O–H groups in total. The van der Waals surface area contributed by atoms with E-state index in [1.165, 1.54) is 55.1 Å². The third-order valence-electron chi connectivity index (χ3n) is 8.63. The molecule has 1 aliphatic heterocycles. The minimum absolute atomic E-state index is 0.627. The van der Waals surface area contributed by atoms with E-state index in [2.05, 4.69) is 75.3 Å². The summed E-state index contributed by atoms with van der Waals surface area (Å²) in [6.07, 6.45) is 10.8. The van der Waals surface area contributed by atoms with Gasteiger partial charge in [-0.2, -0.15) is 0 Å². The Hall–Kier alpha value is -0.120. The van der Waals surface area contributed by atoms with Crippen LogP contribution in [0.4, 0.5) is 0 Å². The smallest absolute Gasteiger partial charge is 0.0250 e. The highest BCUT2D eigenvalue weighted by atomic mass is 79.9. The Morgan fingerprint density at radius 2 is 1.96 bits per heavy atom. The van der Waals surface area contributed by atoms with E-state index in [-0.39, 0.29) is 0 Å². The first-order chi connectivity index (χ1) is 13.5. The normalized spacial score (nSPS) is 41.9. The van der Waals surface area contributed by atoms with Gasteiger partial charge in [-0.05, 0) is 98.8 Å². The molecule has 3 fully saturated rings. The second-order valence-corrected chi connectivity index (χ2v) is 11.9. The molecule has 0 bridgehead atoms. The van der Waals surface area contributed by atoms with Crippen molar-refractivity contribution in [3.8, 4) is 0 Å². The number of hydrogen-bond acceptors (Lipinski definition) is 1. The summed E-state index contributed by atoms with van der Waals surface area (Å²) in [6, 6.07) is 7.50. The van der Waals surface area contributed by atoms with Gasteiger partial charge in [0.05, 0.1) is 0 Å². The summed E-state index contributed by atoms with van der Waals surface area (Å²) >= 11 is 7.95. The summed E-state index contributed by atoms with van der Waals surface area (Å²) in [5.74, 6) is 5.09. The predicted octanol–water partition coefficient (Wildman–Crippen LogP) is 7.15. The second kappa shape index (κ2) is 7.85. The van der Waals surface area contributed by atoms with Gasteiger partial charge in [0.1, 0.15) is 0 Å². The zero-order chi connectivity index (χ0) is 19.4. The van der Waals surface area contributed by atoms with Crippen molar-refractivity contribution >= 4 is 37.9 Å². The number of halogens is 2. The van der Waals surface area contributed by atoms with Crippen LogP contribution in [0.15, 0.2) is 28.2 Å². The molecule has 3 aliphatic carbocycles. The number of piperidine rings is 1. The van der Waals surface area contributed by atoms with Crippen molar-refractivity contribution in [1.29, 1.82) is 0 Å². The van der Waals surface area contributed by atoms with Crippen LogP contribution in [0.5, 0.6) is 0 Å². The molecule has 5 rings (SSSR count). The van der Waals surface area contributed by atoms with Crippen molar-refractivity contribution in [2.75, 3.05) is 6.54 Å². The number of fused-ring (bicyclic) bond motifs is 3. The third kappa shape index (κ3) is 3.28. The third-order valence-corrected chi connectivity index (χ3v) is 10.7. The summed E-state index contributed by atoms with van der Waals surface area (Å²) in [5, 5.41) is 3.88. The lowest BCUT2D eigenvalue weighted by Gasteiger charge is -2.47. The van der Waals surface area contributed by atoms with Crippen molar-refractivity contribution in [1.82, 2.24) is 5.32 Å². The van der Waals surface area contributed by atoms with Crippen LogP contribution < -0.4 is 5.32 Å². The van der Waals surface area contributed by atoms with Crippen molar-refractivity contribution in [3.05, 3.63) is 39.4 Å². The van der Waals surface area contributed by atoms with Crippen LogP contribution >= 0.6 is 31.9 Å². The molecule has 8 unspecified atom stereocenters. The van der Waals surface area contributed by atoms with Gasteiger partial charge in [0, 0.05) is 21.3 Å². The molecule has 0 spiro atoms. The number of hydrogen-bond donors (Lipinski definition) is 1. The van der Waals surface area contributed by atoms with Gasteiger partial charge in [0.25, 0.3) is 0 Å². The van der Waals surface area contributed by atoms with Crippen LogP contribution in [-0.4, -0.2) is 17.4 Å². The predicted molar refractivity (Wildman–Crippen MR) is 126 cm³/mol. The number of benzene rings is 1. The van der Waals surface area contributed by atoms with Gasteiger partial charge in [0.2, 0.25) is 0 Å². The Labute approximate surface area is 187 Å². The van der Waals surface area contributed by atoms with E-state index < -0.39 is 0 Å². The van der Waals surface area contributed by atoms with Gasteiger partial charge in [0.15, 0.2) is 0 Å². The largest absolute Gasteiger partial charge is 0.314 e. The first kappa shape index (κ1) is 19.8. The standard InChI is InChI=1S/C25H33Br2N/c1-14-11-21-18(5-3-7-23(21)26)16(14)8-9-17-15(2)12-22-20(17)13-24-19(25(22)27)6-4-10-28-24/h3,5,7,11,15-17,19-20,22,24-25,28H,4,6,8-10,12-13H2,1-2H3. The number of allylic oxidation sites excluding steroid dienone is 1. The molecule has 8 atom stereocenters. The Bertz CT molecular complexity index is 772. The van der Waals surface area contributed by atoms with Crippen LogP contribution in [0.3, 0.4) is 0 Å². The summed E-state index contributed by atoms with van der Waals surface area (Å²) in [4.78, 5) is 0.737. The summed E-state index contributed by atoms with van der Waals surface area (Å²) in [7, 11) is 0. The number of rotatable bonds is 3. The van der Waals surface area contributed by atoms with Crippen LogP contribution in [0, 0.1) is 29.6 Å². The lowest BCUT2D eigenvalue weighted by molar-refractivity contribution is 0.112. The zero-order valence-corrected chi connectivity index (χ0v) is 20.3. The Kier molecular flexibility index (Phi) is 5.56. The molecule has 1 nitrogen and oxygen atoms in total. The molecule has 28 heavy (non-hydrogen) atoms. The Balaban J connectivity index is 1.31. The van der Waals surface area contributed by atoms with E-state index in [4.69, 9.17) is 0 Å². The highest BCUT2D eigenvalue weighted by Gasteiger charge is 2.51. The molecule has 1 aromatic rings. The maximum Gasteiger partial charge on any atom is 0.0250 e. The fraction of sp³-hybridized carbons (Fsp3) is 0.680. The Morgan fingerprint density at radius 3 is 2.82 bits per heavy atom. The highest BCUT2D eigenvalue weighted by Crippen LogP contribution is 2.56. The lowest BCUT2D eigenvalue weighted by Crippen LogP contribution is -2.52. The molecule has 0 amide bonds. The fourth-order valence-corrected chi connectivity index (χ4v) is 9.02. The zero-order valence-electron chi connectivity index (χ0n) is 17.1. The van der Waals surface area contributed by atoms with Gasteiger partial charge < -0.3 is 5.32 Å². The average Bonchev–Trinajstić information content (AvgIpc) is 3.18. The molecule has 152 valence electrons. The van der Waals surface area contributed by atoms with Gasteiger partial charge in [-0.1, -0.05) is 62.6 Å². The topological polar surface area (TPSA) is 12.0 Å². The van der Waals surface area contributed by atoms with Crippen molar-refractivity contribution in [3.63, 3.8) is 0 Å². The van der Waals surface area contributed by atoms with Gasteiger partial charge in [-0.25, -0.2) is 0 Å². The molecule has 3 heteroatoms. The molecule has 0 aromatic heterocycles. The monoisotopic (exact) mass is 505 g/mol. The lowest BCUT2D eigenvalue weighted by atomic mass is 9.67. The highest BCUT2D eigenvalue weighted by molar-refractivity contribution is 9.10. The minimum atomic E-state index is 0.627. The number of nitrogens with one attached hydrogen (secondary N) is 1. The van der Waals surface area contributed by atoms with E-state index in [1.54, 1.807) is 11.1 Å². The summed E-state index contributed by atoms with van der Waals surface area (Å²) in [5.41, 5.74) is 4.53. The second-order valence-electron chi connectivity index (χ2n) is 10.0. The summed E-state index contributed by atoms with van der Waals surface area (Å²) < 4.78 is 1.25. The minimum Gasteiger partial charge on any atom is -0.314 e. The fourth-order valence-electron chi connectivity index (χ4n) is 7.29. The Morgan fingerprint density at radius 1 is 1.11 bits per heavy atom. The van der Waals surface area contributed by atoms with E-state index in [1.807, 2.05) is 0 Å². The van der Waals surface area contributed by atoms with E-state index in [0.29, 0.717) is 5.92 Å². The SMILES string of the molecule is CC1=Cc2c(Br)cccc2C1CCC1C(C)CC2C(Br)C3CCCNC3CC12. The molecule has 1 heterocycles. The summed E-state index contributed by atoms with van der Waals surface area (Å²) in [6.45, 7) is 6.11. The molecule has 0 radical (unpaired) electrons. The quantitative estimate of drug-likeness (QED) is 0.429. The maximum atomic E-state index is 4.19. The molecular weight excluding hydrogens is 474 g/mol. The van der Waals surface area contributed by atoms with Crippen LogP contribution in [-0.2, 0) is 0 Å². The van der Waals surface area contributed by atoms with Gasteiger partial charge in [-0.3, -0.25) is 0 Å². The van der Waals surface area contributed by atoms with Gasteiger partial charge >= 0.3 is 0 Å². The van der Waals surface area contributed by atoms with Crippen LogP contribution in [0.25, 0.3) is 6.08 Å². The van der Waals surface area contributed by atoms with Crippen molar-refractivity contribution in [2.24, 2.45) is 29.6 Å². The maximum absolute atomic E-state index is 4.19. The average molecular weight is 507 g/mol. The first-order valence-electron chi connectivity index (χ1n) is 11.4. The van der Waals surface area contributed by atoms with Crippen LogP contribution in [0.1, 0.15) is 69.4 Å². The number of alkyl halides is 1.